The summed E-state index contributed by atoms with van der Waals surface area (Å²) in [5.74, 6) is 0.423. The lowest BCUT2D eigenvalue weighted by molar-refractivity contribution is 0.0697. The number of anilines is 1. The zero-order chi connectivity index (χ0) is 17.7. The van der Waals surface area contributed by atoms with E-state index in [0.717, 1.165) is 15.7 Å². The number of carboxylic acids is 1. The largest absolute Gasteiger partial charge is 0.493 e. The van der Waals surface area contributed by atoms with Gasteiger partial charge in [0, 0.05) is 22.3 Å². The van der Waals surface area contributed by atoms with Crippen molar-refractivity contribution >= 4 is 27.6 Å². The average molecular weight is 394 g/mol. The molecule has 5 nitrogen and oxygen atoms in total. The topological polar surface area (TPSA) is 67.8 Å². The van der Waals surface area contributed by atoms with Crippen LogP contribution in [0.4, 0.5) is 5.69 Å². The number of carbonyl (C=O) groups is 1. The Morgan fingerprint density at radius 2 is 1.92 bits per heavy atom. The lowest BCUT2D eigenvalue weighted by Crippen LogP contribution is -2.11. The van der Waals surface area contributed by atoms with Gasteiger partial charge in [-0.2, -0.15) is 0 Å². The van der Waals surface area contributed by atoms with Crippen molar-refractivity contribution in [2.24, 2.45) is 0 Å². The van der Waals surface area contributed by atoms with E-state index in [9.17, 15) is 4.79 Å². The number of rotatable bonds is 7. The van der Waals surface area contributed by atoms with Crippen molar-refractivity contribution in [3.63, 3.8) is 0 Å². The third kappa shape index (κ3) is 4.64. The number of nitrogens with one attached hydrogen (secondary N) is 1. The first kappa shape index (κ1) is 18.1. The van der Waals surface area contributed by atoms with Crippen molar-refractivity contribution in [2.75, 3.05) is 12.4 Å². The molecule has 0 unspecified atom stereocenters. The third-order valence-electron chi connectivity index (χ3n) is 3.28. The molecule has 0 bridgehead atoms. The van der Waals surface area contributed by atoms with Crippen LogP contribution in [0.3, 0.4) is 0 Å². The van der Waals surface area contributed by atoms with Gasteiger partial charge in [-0.1, -0.05) is 15.9 Å². The minimum atomic E-state index is -0.939. The number of benzene rings is 2. The molecule has 0 aliphatic carbocycles. The first-order valence-corrected chi connectivity index (χ1v) is 8.30. The van der Waals surface area contributed by atoms with Crippen LogP contribution in [0.5, 0.6) is 11.5 Å². The second-order valence-corrected chi connectivity index (χ2v) is 6.41. The molecular formula is C18H20BrNO4. The van der Waals surface area contributed by atoms with Gasteiger partial charge in [-0.05, 0) is 50.2 Å². The Morgan fingerprint density at radius 3 is 2.46 bits per heavy atom. The van der Waals surface area contributed by atoms with E-state index in [1.807, 2.05) is 26.0 Å². The first-order valence-electron chi connectivity index (χ1n) is 7.51. The number of methoxy groups -OCH3 is 1. The monoisotopic (exact) mass is 393 g/mol. The molecule has 0 radical (unpaired) electrons. The van der Waals surface area contributed by atoms with Crippen LogP contribution in [0.25, 0.3) is 0 Å². The maximum absolute atomic E-state index is 10.9. The van der Waals surface area contributed by atoms with E-state index < -0.39 is 5.97 Å². The van der Waals surface area contributed by atoms with Gasteiger partial charge in [-0.25, -0.2) is 4.79 Å². The van der Waals surface area contributed by atoms with Gasteiger partial charge in [0.2, 0.25) is 0 Å². The molecular weight excluding hydrogens is 374 g/mol. The highest BCUT2D eigenvalue weighted by atomic mass is 79.9. The number of hydrogen-bond donors (Lipinski definition) is 2. The second-order valence-electron chi connectivity index (χ2n) is 5.50. The van der Waals surface area contributed by atoms with Gasteiger partial charge in [0.1, 0.15) is 0 Å². The summed E-state index contributed by atoms with van der Waals surface area (Å²) in [5.41, 5.74) is 2.03. The van der Waals surface area contributed by atoms with Crippen molar-refractivity contribution in [3.05, 3.63) is 52.0 Å². The van der Waals surface area contributed by atoms with E-state index in [2.05, 4.69) is 21.2 Å². The lowest BCUT2D eigenvalue weighted by atomic mass is 10.1. The predicted octanol–water partition coefficient (Wildman–Crippen LogP) is 4.56. The molecule has 0 saturated carbocycles. The Hall–Kier alpha value is -2.21. The van der Waals surface area contributed by atoms with E-state index in [-0.39, 0.29) is 11.7 Å². The fourth-order valence-electron chi connectivity index (χ4n) is 2.20. The van der Waals surface area contributed by atoms with Gasteiger partial charge in [0.15, 0.2) is 11.5 Å². The zero-order valence-electron chi connectivity index (χ0n) is 13.8. The van der Waals surface area contributed by atoms with Gasteiger partial charge in [0.05, 0.1) is 18.8 Å². The summed E-state index contributed by atoms with van der Waals surface area (Å²) < 4.78 is 12.2. The normalized spacial score (nSPS) is 10.5. The minimum absolute atomic E-state index is 0.0219. The van der Waals surface area contributed by atoms with Crippen molar-refractivity contribution in [2.45, 2.75) is 26.5 Å². The molecule has 0 spiro atoms. The SMILES string of the molecule is COc1cc(Br)cc(CNc2ccc(C(=O)O)cc2)c1OC(C)C. The predicted molar refractivity (Wildman–Crippen MR) is 97.2 cm³/mol. The fourth-order valence-corrected chi connectivity index (χ4v) is 2.69. The van der Waals surface area contributed by atoms with Crippen LogP contribution in [0, 0.1) is 0 Å². The van der Waals surface area contributed by atoms with Crippen LogP contribution in [-0.2, 0) is 6.54 Å². The summed E-state index contributed by atoms with van der Waals surface area (Å²) in [7, 11) is 1.61. The Kier molecular flexibility index (Phi) is 6.09. The third-order valence-corrected chi connectivity index (χ3v) is 3.74. The van der Waals surface area contributed by atoms with Crippen LogP contribution in [-0.4, -0.2) is 24.3 Å². The van der Waals surface area contributed by atoms with E-state index in [4.69, 9.17) is 14.6 Å². The van der Waals surface area contributed by atoms with Crippen LogP contribution in [0.1, 0.15) is 29.8 Å². The van der Waals surface area contributed by atoms with Gasteiger partial charge in [-0.3, -0.25) is 0 Å². The molecule has 24 heavy (non-hydrogen) atoms. The van der Waals surface area contributed by atoms with Crippen molar-refractivity contribution in [1.82, 2.24) is 0 Å². The summed E-state index contributed by atoms with van der Waals surface area (Å²) in [5, 5.41) is 12.2. The number of ether oxygens (including phenoxy) is 2. The summed E-state index contributed by atoms with van der Waals surface area (Å²) in [6.07, 6.45) is 0.0219. The standard InChI is InChI=1S/C18H20BrNO4/c1-11(2)24-17-13(8-14(19)9-16(17)23-3)10-20-15-6-4-12(5-7-15)18(21)22/h4-9,11,20H,10H2,1-3H3,(H,21,22). The molecule has 2 aromatic rings. The average Bonchev–Trinajstić information content (AvgIpc) is 2.54. The molecule has 2 aromatic carbocycles. The molecule has 0 aromatic heterocycles. The number of halogens is 1. The summed E-state index contributed by atoms with van der Waals surface area (Å²) in [6, 6.07) is 10.4. The molecule has 0 amide bonds. The molecule has 0 aliphatic heterocycles. The first-order chi connectivity index (χ1) is 11.4. The fraction of sp³-hybridized carbons (Fsp3) is 0.278. The molecule has 0 heterocycles. The van der Waals surface area contributed by atoms with Crippen molar-refractivity contribution in [1.29, 1.82) is 0 Å². The summed E-state index contributed by atoms with van der Waals surface area (Å²) in [4.78, 5) is 10.9. The maximum atomic E-state index is 10.9. The van der Waals surface area contributed by atoms with Gasteiger partial charge >= 0.3 is 5.97 Å². The quantitative estimate of drug-likeness (QED) is 0.721. The van der Waals surface area contributed by atoms with Crippen LogP contribution < -0.4 is 14.8 Å². The van der Waals surface area contributed by atoms with Crippen molar-refractivity contribution < 1.29 is 19.4 Å². The van der Waals surface area contributed by atoms with Gasteiger partial charge < -0.3 is 19.9 Å². The molecule has 2 rings (SSSR count). The van der Waals surface area contributed by atoms with Gasteiger partial charge in [-0.15, -0.1) is 0 Å². The molecule has 6 heteroatoms. The Labute approximate surface area is 149 Å². The Balaban J connectivity index is 2.21. The summed E-state index contributed by atoms with van der Waals surface area (Å²) in [6.45, 7) is 4.44. The summed E-state index contributed by atoms with van der Waals surface area (Å²) >= 11 is 3.48. The number of carboxylic acid groups (broad SMARTS) is 1. The van der Waals surface area contributed by atoms with Gasteiger partial charge in [0.25, 0.3) is 0 Å². The van der Waals surface area contributed by atoms with E-state index in [1.54, 1.807) is 31.4 Å². The van der Waals surface area contributed by atoms with E-state index >= 15 is 0 Å². The van der Waals surface area contributed by atoms with Crippen LogP contribution in [0.15, 0.2) is 40.9 Å². The highest BCUT2D eigenvalue weighted by molar-refractivity contribution is 9.10. The lowest BCUT2D eigenvalue weighted by Gasteiger charge is -2.18. The van der Waals surface area contributed by atoms with Crippen molar-refractivity contribution in [3.8, 4) is 11.5 Å². The van der Waals surface area contributed by atoms with E-state index in [0.29, 0.717) is 18.0 Å². The molecule has 0 saturated heterocycles. The molecule has 0 aliphatic rings. The Morgan fingerprint density at radius 1 is 1.25 bits per heavy atom. The molecule has 0 atom stereocenters. The second kappa shape index (κ2) is 8.06. The highest BCUT2D eigenvalue weighted by Gasteiger charge is 2.14. The Bertz CT molecular complexity index is 714. The highest BCUT2D eigenvalue weighted by Crippen LogP contribution is 2.36. The van der Waals surface area contributed by atoms with Crippen LogP contribution >= 0.6 is 15.9 Å². The zero-order valence-corrected chi connectivity index (χ0v) is 15.4. The van der Waals surface area contributed by atoms with Crippen LogP contribution in [0.2, 0.25) is 0 Å². The number of hydrogen-bond acceptors (Lipinski definition) is 4. The molecule has 128 valence electrons. The smallest absolute Gasteiger partial charge is 0.335 e. The number of aromatic carboxylic acids is 1. The minimum Gasteiger partial charge on any atom is -0.493 e. The van der Waals surface area contributed by atoms with E-state index in [1.165, 1.54) is 0 Å². The molecule has 2 N–H and O–H groups in total. The molecule has 0 fully saturated rings. The maximum Gasteiger partial charge on any atom is 0.335 e.